The Hall–Kier alpha value is -2.54. The molecular formula is C16H17NO3. The van der Waals surface area contributed by atoms with Gasteiger partial charge in [0, 0.05) is 5.56 Å². The van der Waals surface area contributed by atoms with E-state index >= 15 is 0 Å². The zero-order valence-corrected chi connectivity index (χ0v) is 11.8. The highest BCUT2D eigenvalue weighted by Crippen LogP contribution is 2.18. The lowest BCUT2D eigenvalue weighted by atomic mass is 10.1. The molecule has 4 nitrogen and oxygen atoms in total. The Kier molecular flexibility index (Phi) is 6.05. The summed E-state index contributed by atoms with van der Waals surface area (Å²) in [5, 5.41) is 8.93. The van der Waals surface area contributed by atoms with Crippen LogP contribution in [-0.4, -0.2) is 19.2 Å². The third-order valence-corrected chi connectivity index (χ3v) is 2.36. The number of nitriles is 1. The molecule has 0 spiro atoms. The molecule has 4 heteroatoms. The lowest BCUT2D eigenvalue weighted by Gasteiger charge is -2.05. The molecule has 1 aromatic rings. The number of methoxy groups -OCH3 is 1. The van der Waals surface area contributed by atoms with Crippen molar-refractivity contribution in [2.24, 2.45) is 0 Å². The van der Waals surface area contributed by atoms with E-state index in [4.69, 9.17) is 14.7 Å². The Morgan fingerprint density at radius 3 is 2.65 bits per heavy atom. The number of para-hydroxylation sites is 1. The number of nitrogens with zero attached hydrogens (tertiary/aromatic N) is 1. The highest BCUT2D eigenvalue weighted by atomic mass is 16.5. The number of rotatable bonds is 5. The fraction of sp³-hybridized carbons (Fsp3) is 0.250. The van der Waals surface area contributed by atoms with E-state index in [1.165, 1.54) is 6.08 Å². The van der Waals surface area contributed by atoms with Crippen LogP contribution in [0, 0.1) is 11.3 Å². The standard InChI is InChI=1S/C16H17NO3/c1-12(2)20-16(18)14(11-17)9-6-8-13-7-4-5-10-15(13)19-3/h4-10,12H,1-3H3/b8-6+,14-9?. The number of carbonyl (C=O) groups is 1. The van der Waals surface area contributed by atoms with Crippen LogP contribution in [0.4, 0.5) is 0 Å². The second-order valence-electron chi connectivity index (χ2n) is 4.25. The maximum atomic E-state index is 11.6. The predicted molar refractivity (Wildman–Crippen MR) is 77.0 cm³/mol. The molecule has 0 N–H and O–H groups in total. The number of allylic oxidation sites excluding steroid dienone is 2. The minimum atomic E-state index is -0.618. The zero-order valence-electron chi connectivity index (χ0n) is 11.8. The summed E-state index contributed by atoms with van der Waals surface area (Å²) in [5.41, 5.74) is 0.825. The Morgan fingerprint density at radius 1 is 1.35 bits per heavy atom. The number of esters is 1. The molecule has 0 amide bonds. The highest BCUT2D eigenvalue weighted by molar-refractivity contribution is 5.93. The van der Waals surface area contributed by atoms with Gasteiger partial charge in [-0.25, -0.2) is 4.79 Å². The summed E-state index contributed by atoms with van der Waals surface area (Å²) in [6.45, 7) is 3.47. The largest absolute Gasteiger partial charge is 0.496 e. The van der Waals surface area contributed by atoms with Crippen LogP contribution < -0.4 is 4.74 Å². The fourth-order valence-corrected chi connectivity index (χ4v) is 1.48. The van der Waals surface area contributed by atoms with E-state index in [2.05, 4.69) is 0 Å². The van der Waals surface area contributed by atoms with Crippen molar-refractivity contribution in [3.05, 3.63) is 47.6 Å². The summed E-state index contributed by atoms with van der Waals surface area (Å²) in [6, 6.07) is 9.28. The van der Waals surface area contributed by atoms with Crippen molar-refractivity contribution < 1.29 is 14.3 Å². The first-order chi connectivity index (χ1) is 9.58. The lowest BCUT2D eigenvalue weighted by Crippen LogP contribution is -2.12. The van der Waals surface area contributed by atoms with Gasteiger partial charge in [-0.1, -0.05) is 30.4 Å². The van der Waals surface area contributed by atoms with Crippen molar-refractivity contribution in [2.45, 2.75) is 20.0 Å². The van der Waals surface area contributed by atoms with Crippen molar-refractivity contribution in [3.63, 3.8) is 0 Å². The van der Waals surface area contributed by atoms with Crippen LogP contribution in [-0.2, 0) is 9.53 Å². The molecule has 0 aliphatic carbocycles. The lowest BCUT2D eigenvalue weighted by molar-refractivity contribution is -0.142. The van der Waals surface area contributed by atoms with Crippen molar-refractivity contribution in [1.82, 2.24) is 0 Å². The molecule has 0 radical (unpaired) electrons. The number of benzene rings is 1. The summed E-state index contributed by atoms with van der Waals surface area (Å²) in [6.07, 6.45) is 4.56. The number of hydrogen-bond donors (Lipinski definition) is 0. The summed E-state index contributed by atoms with van der Waals surface area (Å²) in [7, 11) is 1.59. The van der Waals surface area contributed by atoms with Crippen molar-refractivity contribution in [1.29, 1.82) is 5.26 Å². The molecule has 0 unspecified atom stereocenters. The molecule has 0 fully saturated rings. The first-order valence-electron chi connectivity index (χ1n) is 6.21. The summed E-state index contributed by atoms with van der Waals surface area (Å²) in [5.74, 6) is 0.104. The molecule has 20 heavy (non-hydrogen) atoms. The minimum Gasteiger partial charge on any atom is -0.496 e. The minimum absolute atomic E-state index is 0.0372. The predicted octanol–water partition coefficient (Wildman–Crippen LogP) is 3.11. The van der Waals surface area contributed by atoms with E-state index in [0.29, 0.717) is 0 Å². The van der Waals surface area contributed by atoms with E-state index in [0.717, 1.165) is 11.3 Å². The molecule has 0 bridgehead atoms. The Balaban J connectivity index is 2.86. The first kappa shape index (κ1) is 15.5. The van der Waals surface area contributed by atoms with Crippen LogP contribution in [0.5, 0.6) is 5.75 Å². The molecule has 0 aliphatic heterocycles. The maximum Gasteiger partial charge on any atom is 0.349 e. The second kappa shape index (κ2) is 7.80. The van der Waals surface area contributed by atoms with Crippen LogP contribution in [0.1, 0.15) is 19.4 Å². The van der Waals surface area contributed by atoms with Gasteiger partial charge in [0.15, 0.2) is 0 Å². The van der Waals surface area contributed by atoms with Gasteiger partial charge < -0.3 is 9.47 Å². The van der Waals surface area contributed by atoms with Gasteiger partial charge in [0.25, 0.3) is 0 Å². The molecule has 0 atom stereocenters. The molecule has 104 valence electrons. The number of ether oxygens (including phenoxy) is 2. The van der Waals surface area contributed by atoms with Crippen molar-refractivity contribution in [2.75, 3.05) is 7.11 Å². The molecule has 1 aromatic carbocycles. The Labute approximate surface area is 118 Å². The van der Waals surface area contributed by atoms with Gasteiger partial charge in [-0.2, -0.15) is 5.26 Å². The summed E-state index contributed by atoms with van der Waals surface area (Å²) < 4.78 is 10.2. The topological polar surface area (TPSA) is 59.3 Å². The van der Waals surface area contributed by atoms with Gasteiger partial charge in [0.1, 0.15) is 17.4 Å². The van der Waals surface area contributed by atoms with Gasteiger partial charge in [-0.05, 0) is 26.0 Å². The smallest absolute Gasteiger partial charge is 0.349 e. The fourth-order valence-electron chi connectivity index (χ4n) is 1.48. The Bertz CT molecular complexity index is 565. The summed E-state index contributed by atoms with van der Waals surface area (Å²) >= 11 is 0. The molecule has 0 saturated heterocycles. The molecule has 0 saturated carbocycles. The van der Waals surface area contributed by atoms with Crippen LogP contribution in [0.3, 0.4) is 0 Å². The van der Waals surface area contributed by atoms with Gasteiger partial charge >= 0.3 is 5.97 Å². The van der Waals surface area contributed by atoms with Crippen LogP contribution in [0.15, 0.2) is 42.0 Å². The third-order valence-electron chi connectivity index (χ3n) is 2.36. The van der Waals surface area contributed by atoms with E-state index < -0.39 is 5.97 Å². The molecular weight excluding hydrogens is 254 g/mol. The van der Waals surface area contributed by atoms with Crippen molar-refractivity contribution >= 4 is 12.0 Å². The van der Waals surface area contributed by atoms with E-state index in [-0.39, 0.29) is 11.7 Å². The zero-order chi connectivity index (χ0) is 15.0. The van der Waals surface area contributed by atoms with Crippen LogP contribution in [0.25, 0.3) is 6.08 Å². The molecule has 0 aliphatic rings. The van der Waals surface area contributed by atoms with Crippen LogP contribution in [0.2, 0.25) is 0 Å². The normalized spacial score (nSPS) is 11.4. The number of carbonyl (C=O) groups excluding carboxylic acids is 1. The second-order valence-corrected chi connectivity index (χ2v) is 4.25. The average Bonchev–Trinajstić information content (AvgIpc) is 2.43. The van der Waals surface area contributed by atoms with Crippen LogP contribution >= 0.6 is 0 Å². The highest BCUT2D eigenvalue weighted by Gasteiger charge is 2.10. The summed E-state index contributed by atoms with van der Waals surface area (Å²) in [4.78, 5) is 11.6. The average molecular weight is 271 g/mol. The van der Waals surface area contributed by atoms with Crippen molar-refractivity contribution in [3.8, 4) is 11.8 Å². The molecule has 0 heterocycles. The van der Waals surface area contributed by atoms with E-state index in [9.17, 15) is 4.79 Å². The van der Waals surface area contributed by atoms with E-state index in [1.54, 1.807) is 33.1 Å². The maximum absolute atomic E-state index is 11.6. The SMILES string of the molecule is COc1ccccc1/C=C/C=C(C#N)C(=O)OC(C)C. The monoisotopic (exact) mass is 271 g/mol. The first-order valence-corrected chi connectivity index (χ1v) is 6.21. The Morgan fingerprint density at radius 2 is 2.05 bits per heavy atom. The van der Waals surface area contributed by atoms with Gasteiger partial charge in [0.05, 0.1) is 13.2 Å². The van der Waals surface area contributed by atoms with Gasteiger partial charge in [-0.15, -0.1) is 0 Å². The van der Waals surface area contributed by atoms with Gasteiger partial charge in [-0.3, -0.25) is 0 Å². The van der Waals surface area contributed by atoms with Gasteiger partial charge in [0.2, 0.25) is 0 Å². The molecule has 1 rings (SSSR count). The quantitative estimate of drug-likeness (QED) is 0.357. The molecule has 0 aromatic heterocycles. The van der Waals surface area contributed by atoms with E-state index in [1.807, 2.05) is 30.3 Å². The number of hydrogen-bond acceptors (Lipinski definition) is 4. The third kappa shape index (κ3) is 4.62.